The fraction of sp³-hybridized carbons (Fsp3) is 0.667. The zero-order chi connectivity index (χ0) is 6.50. The standard InChI is InChI=1S/C2H6.CH2O3S.W.H2/c1-2;1-5(2,3)4;;/h1-2H3;1H2;;1H/p+1. The van der Waals surface area contributed by atoms with Gasteiger partial charge in [-0.15, -0.1) is 0 Å². The summed E-state index contributed by atoms with van der Waals surface area (Å²) in [5, 5.41) is 0. The Morgan fingerprint density at radius 2 is 1.50 bits per heavy atom. The molecule has 0 spiro atoms. The fourth-order valence-electron chi connectivity index (χ4n) is 0. The van der Waals surface area contributed by atoms with Crippen LogP contribution in [0.2, 0.25) is 0 Å². The van der Waals surface area contributed by atoms with Crippen molar-refractivity contribution in [3.05, 3.63) is 6.26 Å². The molecule has 0 aliphatic rings. The molecule has 0 unspecified atom stereocenters. The molecule has 0 aromatic carbocycles. The smallest absolute Gasteiger partial charge is 0.251 e. The van der Waals surface area contributed by atoms with E-state index in [1.807, 2.05) is 13.8 Å². The van der Waals surface area contributed by atoms with Crippen molar-refractivity contribution in [1.82, 2.24) is 0 Å². The SMILES string of the molecule is CC.[CH2+]S(=O)(=O)O.[HH].[W]. The van der Waals surface area contributed by atoms with Crippen molar-refractivity contribution in [3.63, 3.8) is 0 Å². The first-order chi connectivity index (χ1) is 3.00. The maximum atomic E-state index is 9.08. The summed E-state index contributed by atoms with van der Waals surface area (Å²) in [7, 11) is -3.92. The molecule has 1 N–H and O–H groups in total. The van der Waals surface area contributed by atoms with E-state index < -0.39 is 10.1 Å². The van der Waals surface area contributed by atoms with Crippen LogP contribution in [0.3, 0.4) is 0 Å². The van der Waals surface area contributed by atoms with E-state index in [-0.39, 0.29) is 22.5 Å². The number of hydrogen-bond donors (Lipinski definition) is 1. The van der Waals surface area contributed by atoms with Crippen LogP contribution in [0.1, 0.15) is 15.3 Å². The molecular weight excluding hydrogens is 300 g/mol. The van der Waals surface area contributed by atoms with Gasteiger partial charge >= 0.3 is 10.1 Å². The Balaban J connectivity index is -0.0000000286. The van der Waals surface area contributed by atoms with Gasteiger partial charge in [0.15, 0.2) is 0 Å². The monoisotopic (exact) mass is 311 g/mol. The third-order valence-corrected chi connectivity index (χ3v) is 0. The molecule has 0 aliphatic carbocycles. The van der Waals surface area contributed by atoms with Crippen LogP contribution in [0.15, 0.2) is 0 Å². The summed E-state index contributed by atoms with van der Waals surface area (Å²) in [5.41, 5.74) is 0. The summed E-state index contributed by atoms with van der Waals surface area (Å²) < 4.78 is 25.5. The quantitative estimate of drug-likeness (QED) is 0.535. The molecule has 0 bridgehead atoms. The van der Waals surface area contributed by atoms with Gasteiger partial charge in [-0.25, -0.2) is 0 Å². The van der Waals surface area contributed by atoms with Crippen molar-refractivity contribution in [1.29, 1.82) is 0 Å². The van der Waals surface area contributed by atoms with Crippen LogP contribution >= 0.6 is 0 Å². The van der Waals surface area contributed by atoms with Crippen molar-refractivity contribution in [2.75, 3.05) is 0 Å². The van der Waals surface area contributed by atoms with Crippen LogP contribution in [0.4, 0.5) is 0 Å². The molecule has 0 heterocycles. The fourth-order valence-corrected chi connectivity index (χ4v) is 0. The zero-order valence-electron chi connectivity index (χ0n) is 4.79. The van der Waals surface area contributed by atoms with E-state index in [1.54, 1.807) is 0 Å². The van der Waals surface area contributed by atoms with Crippen molar-refractivity contribution in [3.8, 4) is 0 Å². The Hall–Kier alpha value is 0.468. The van der Waals surface area contributed by atoms with Crippen LogP contribution < -0.4 is 0 Å². The minimum absolute atomic E-state index is 0. The Morgan fingerprint density at radius 3 is 1.50 bits per heavy atom. The average Bonchev–Trinajstić information content (AvgIpc) is 1.36. The van der Waals surface area contributed by atoms with E-state index >= 15 is 0 Å². The summed E-state index contributed by atoms with van der Waals surface area (Å²) in [4.78, 5) is 0. The molecule has 8 heavy (non-hydrogen) atoms. The van der Waals surface area contributed by atoms with Gasteiger partial charge < -0.3 is 0 Å². The minimum atomic E-state index is -3.92. The van der Waals surface area contributed by atoms with E-state index in [0.29, 0.717) is 0 Å². The molecule has 0 saturated carbocycles. The number of rotatable bonds is 0. The van der Waals surface area contributed by atoms with Gasteiger partial charge in [0.25, 0.3) is 0 Å². The van der Waals surface area contributed by atoms with Gasteiger partial charge in [-0.05, 0) is 0 Å². The second-order valence-electron chi connectivity index (χ2n) is 0.582. The Morgan fingerprint density at radius 1 is 1.50 bits per heavy atom. The van der Waals surface area contributed by atoms with Gasteiger partial charge in [-0.2, -0.15) is 8.42 Å². The Kier molecular flexibility index (Phi) is 14.7. The molecule has 3 nitrogen and oxygen atoms in total. The van der Waals surface area contributed by atoms with E-state index in [4.69, 9.17) is 13.0 Å². The largest absolute Gasteiger partial charge is 0.419 e. The molecule has 0 atom stereocenters. The summed E-state index contributed by atoms with van der Waals surface area (Å²) in [6.45, 7) is 4.00. The van der Waals surface area contributed by atoms with Crippen molar-refractivity contribution in [2.45, 2.75) is 13.8 Å². The van der Waals surface area contributed by atoms with E-state index in [9.17, 15) is 0 Å². The van der Waals surface area contributed by atoms with Crippen LogP contribution in [0.5, 0.6) is 0 Å². The summed E-state index contributed by atoms with van der Waals surface area (Å²) in [5.74, 6) is 0. The van der Waals surface area contributed by atoms with E-state index in [2.05, 4.69) is 6.26 Å². The van der Waals surface area contributed by atoms with Crippen molar-refractivity contribution < 1.29 is 35.5 Å². The third kappa shape index (κ3) is 882. The molecule has 0 amide bonds. The molecule has 0 radical (unpaired) electrons. The third-order valence-electron chi connectivity index (χ3n) is 0. The maximum absolute atomic E-state index is 9.08. The van der Waals surface area contributed by atoms with Crippen molar-refractivity contribution in [2.24, 2.45) is 0 Å². The van der Waals surface area contributed by atoms with Gasteiger partial charge in [0, 0.05) is 22.5 Å². The maximum Gasteiger partial charge on any atom is 0.419 e. The van der Waals surface area contributed by atoms with Crippen LogP contribution in [0, 0.1) is 6.26 Å². The van der Waals surface area contributed by atoms with E-state index in [0.717, 1.165) is 0 Å². The predicted molar refractivity (Wildman–Crippen MR) is 30.4 cm³/mol. The number of hydrogen-bond acceptors (Lipinski definition) is 2. The van der Waals surface area contributed by atoms with Gasteiger partial charge in [0.1, 0.15) is 0 Å². The van der Waals surface area contributed by atoms with Gasteiger partial charge in [-0.1, -0.05) is 13.8 Å². The second-order valence-corrected chi connectivity index (χ2v) is 1.75. The summed E-state index contributed by atoms with van der Waals surface area (Å²) in [6, 6.07) is 0. The zero-order valence-corrected chi connectivity index (χ0v) is 8.54. The van der Waals surface area contributed by atoms with Crippen LogP contribution in [-0.4, -0.2) is 13.0 Å². The van der Waals surface area contributed by atoms with Crippen LogP contribution in [-0.2, 0) is 31.2 Å². The molecule has 0 aromatic heterocycles. The summed E-state index contributed by atoms with van der Waals surface area (Å²) in [6.07, 6.45) is 2.30. The first-order valence-corrected chi connectivity index (χ1v) is 3.41. The molecule has 0 aliphatic heterocycles. The molecule has 0 rings (SSSR count). The summed E-state index contributed by atoms with van der Waals surface area (Å²) >= 11 is 0. The topological polar surface area (TPSA) is 54.4 Å². The Bertz CT molecular complexity index is 102. The van der Waals surface area contributed by atoms with E-state index in [1.165, 1.54) is 0 Å². The second kappa shape index (κ2) is 7.47. The average molecular weight is 311 g/mol. The predicted octanol–water partition coefficient (Wildman–Crippen LogP) is 0.935. The molecule has 5 heteroatoms. The molecule has 0 fully saturated rings. The van der Waals surface area contributed by atoms with Gasteiger partial charge in [0.2, 0.25) is 6.26 Å². The first kappa shape index (κ1) is 15.8. The van der Waals surface area contributed by atoms with Gasteiger partial charge in [-0.3, -0.25) is 4.55 Å². The molecule has 0 saturated heterocycles. The molecule has 52 valence electrons. The first-order valence-electron chi connectivity index (χ1n) is 1.80. The van der Waals surface area contributed by atoms with Crippen molar-refractivity contribution >= 4 is 10.1 Å². The van der Waals surface area contributed by atoms with Crippen LogP contribution in [0.25, 0.3) is 0 Å². The molecular formula is C3H11O3SW+. The Labute approximate surface area is 66.0 Å². The normalized spacial score (nSPS) is 7.88. The molecule has 0 aromatic rings. The van der Waals surface area contributed by atoms with Gasteiger partial charge in [0.05, 0.1) is 0 Å². The minimum Gasteiger partial charge on any atom is -0.251 e.